The predicted molar refractivity (Wildman–Crippen MR) is 132 cm³/mol. The number of fused-ring (bicyclic) bond motifs is 1. The second-order valence-electron chi connectivity index (χ2n) is 8.78. The third kappa shape index (κ3) is 5.71. The number of benzene rings is 2. The summed E-state index contributed by atoms with van der Waals surface area (Å²) in [6.07, 6.45) is 2.66. The Hall–Kier alpha value is -3.47. The van der Waals surface area contributed by atoms with Gasteiger partial charge in [0.2, 0.25) is 5.91 Å². The van der Waals surface area contributed by atoms with Crippen molar-refractivity contribution in [3.63, 3.8) is 0 Å². The van der Waals surface area contributed by atoms with Crippen LogP contribution in [0.3, 0.4) is 0 Å². The van der Waals surface area contributed by atoms with Crippen LogP contribution in [0.15, 0.2) is 53.5 Å². The van der Waals surface area contributed by atoms with Gasteiger partial charge in [-0.15, -0.1) is 0 Å². The Bertz CT molecular complexity index is 1290. The molecule has 34 heavy (non-hydrogen) atoms. The molecule has 7 heteroatoms. The van der Waals surface area contributed by atoms with Crippen molar-refractivity contribution in [2.24, 2.45) is 0 Å². The molecule has 2 heterocycles. The maximum atomic E-state index is 13.4. The summed E-state index contributed by atoms with van der Waals surface area (Å²) in [6.45, 7) is 4.07. The van der Waals surface area contributed by atoms with Crippen LogP contribution >= 0.6 is 0 Å². The molecule has 1 amide bonds. The van der Waals surface area contributed by atoms with Crippen LogP contribution in [-0.4, -0.2) is 63.6 Å². The Balaban J connectivity index is 1.58. The summed E-state index contributed by atoms with van der Waals surface area (Å²) in [6, 6.07) is 13.4. The Morgan fingerprint density at radius 3 is 2.94 bits per heavy atom. The fourth-order valence-electron chi connectivity index (χ4n) is 4.36. The van der Waals surface area contributed by atoms with Gasteiger partial charge in [-0.2, -0.15) is 0 Å². The van der Waals surface area contributed by atoms with Gasteiger partial charge in [-0.25, -0.2) is 4.98 Å². The van der Waals surface area contributed by atoms with Crippen LogP contribution in [0.25, 0.3) is 11.0 Å². The van der Waals surface area contributed by atoms with Crippen LogP contribution in [0, 0.1) is 11.8 Å². The highest BCUT2D eigenvalue weighted by Gasteiger charge is 2.28. The average Bonchev–Trinajstić information content (AvgIpc) is 3.25. The van der Waals surface area contributed by atoms with Crippen LogP contribution in [0.1, 0.15) is 42.5 Å². The highest BCUT2D eigenvalue weighted by atomic mass is 16.3. The Morgan fingerprint density at radius 2 is 2.18 bits per heavy atom. The van der Waals surface area contributed by atoms with Crippen molar-refractivity contribution < 1.29 is 9.90 Å². The van der Waals surface area contributed by atoms with Gasteiger partial charge < -0.3 is 15.0 Å². The summed E-state index contributed by atoms with van der Waals surface area (Å²) in [5.74, 6) is 6.26. The van der Waals surface area contributed by atoms with E-state index in [0.717, 1.165) is 36.1 Å². The first-order valence-corrected chi connectivity index (χ1v) is 11.7. The molecule has 0 aliphatic carbocycles. The molecule has 0 spiro atoms. The summed E-state index contributed by atoms with van der Waals surface area (Å²) in [5, 5.41) is 10.0. The minimum atomic E-state index is -0.322. The Morgan fingerprint density at radius 1 is 1.32 bits per heavy atom. The molecule has 1 aliphatic heterocycles. The molecule has 0 unspecified atom stereocenters. The molecule has 176 valence electrons. The van der Waals surface area contributed by atoms with E-state index in [2.05, 4.69) is 32.8 Å². The fraction of sp³-hybridized carbons (Fsp3) is 0.370. The van der Waals surface area contributed by atoms with Crippen molar-refractivity contribution in [3.8, 4) is 11.8 Å². The van der Waals surface area contributed by atoms with Crippen LogP contribution in [0.5, 0.6) is 0 Å². The number of aromatic amines is 1. The predicted octanol–water partition coefficient (Wildman–Crippen LogP) is 2.49. The van der Waals surface area contributed by atoms with E-state index in [1.54, 1.807) is 4.90 Å². The molecule has 1 fully saturated rings. The lowest BCUT2D eigenvalue weighted by Crippen LogP contribution is -2.39. The number of rotatable bonds is 6. The molecule has 1 aromatic heterocycles. The number of carbonyl (C=O) groups is 1. The molecular formula is C27H30N4O3. The van der Waals surface area contributed by atoms with Crippen molar-refractivity contribution in [1.29, 1.82) is 0 Å². The largest absolute Gasteiger partial charge is 0.392 e. The third-order valence-electron chi connectivity index (χ3n) is 6.22. The zero-order chi connectivity index (χ0) is 24.1. The minimum Gasteiger partial charge on any atom is -0.392 e. The smallest absolute Gasteiger partial charge is 0.266 e. The number of aliphatic hydroxyl groups excluding tert-OH is 1. The quantitative estimate of drug-likeness (QED) is 0.554. The zero-order valence-corrected chi connectivity index (χ0v) is 19.6. The summed E-state index contributed by atoms with van der Waals surface area (Å²) in [5.41, 5.74) is 3.78. The molecule has 1 aliphatic rings. The molecule has 3 aromatic rings. The molecule has 0 radical (unpaired) electrons. The minimum absolute atomic E-state index is 0.0274. The average molecular weight is 459 g/mol. The number of aromatic nitrogens is 2. The molecule has 2 aromatic carbocycles. The molecule has 4 rings (SSSR count). The van der Waals surface area contributed by atoms with Crippen molar-refractivity contribution in [2.45, 2.75) is 38.3 Å². The highest BCUT2D eigenvalue weighted by Crippen LogP contribution is 2.25. The van der Waals surface area contributed by atoms with Gasteiger partial charge in [0, 0.05) is 38.7 Å². The van der Waals surface area contributed by atoms with Crippen LogP contribution < -0.4 is 5.56 Å². The molecule has 7 nitrogen and oxygen atoms in total. The van der Waals surface area contributed by atoms with Crippen molar-refractivity contribution in [1.82, 2.24) is 19.8 Å². The monoisotopic (exact) mass is 458 g/mol. The van der Waals surface area contributed by atoms with E-state index in [4.69, 9.17) is 0 Å². The maximum Gasteiger partial charge on any atom is 0.266 e. The number of likely N-dealkylation sites (N-methyl/N-ethyl adjacent to an activating group) is 1. The molecule has 2 N–H and O–H groups in total. The normalized spacial score (nSPS) is 16.7. The molecule has 0 bridgehead atoms. The lowest BCUT2D eigenvalue weighted by molar-refractivity contribution is -0.131. The Kier molecular flexibility index (Phi) is 7.41. The van der Waals surface area contributed by atoms with Crippen LogP contribution in [-0.2, 0) is 11.2 Å². The summed E-state index contributed by atoms with van der Waals surface area (Å²) < 4.78 is 0. The molecule has 2 atom stereocenters. The van der Waals surface area contributed by atoms with Crippen molar-refractivity contribution in [2.75, 3.05) is 26.7 Å². The van der Waals surface area contributed by atoms with E-state index in [9.17, 15) is 14.7 Å². The molecule has 0 saturated carbocycles. The van der Waals surface area contributed by atoms with E-state index in [1.165, 1.54) is 6.20 Å². The SMILES string of the molecule is CCC#Cc1cccc([C@@H](CN2CC[C@@H](O)C2)N(C)C(=O)Cc2ccc3ncc(=O)[nH]c3c2)c1. The van der Waals surface area contributed by atoms with E-state index < -0.39 is 0 Å². The lowest BCUT2D eigenvalue weighted by atomic mass is 10.0. The van der Waals surface area contributed by atoms with Gasteiger partial charge in [0.25, 0.3) is 5.56 Å². The number of aliphatic hydroxyl groups is 1. The van der Waals surface area contributed by atoms with Gasteiger partial charge in [-0.1, -0.05) is 37.0 Å². The first kappa shape index (κ1) is 23.7. The maximum absolute atomic E-state index is 13.4. The van der Waals surface area contributed by atoms with E-state index in [1.807, 2.05) is 50.4 Å². The van der Waals surface area contributed by atoms with E-state index >= 15 is 0 Å². The van der Waals surface area contributed by atoms with Crippen LogP contribution in [0.4, 0.5) is 0 Å². The van der Waals surface area contributed by atoms with Crippen molar-refractivity contribution >= 4 is 16.9 Å². The second kappa shape index (κ2) is 10.6. The highest BCUT2D eigenvalue weighted by molar-refractivity contribution is 5.81. The lowest BCUT2D eigenvalue weighted by Gasteiger charge is -2.32. The summed E-state index contributed by atoms with van der Waals surface area (Å²) in [7, 11) is 1.83. The van der Waals surface area contributed by atoms with E-state index in [0.29, 0.717) is 24.1 Å². The second-order valence-corrected chi connectivity index (χ2v) is 8.78. The van der Waals surface area contributed by atoms with Gasteiger partial charge in [-0.05, 0) is 41.8 Å². The number of carbonyl (C=O) groups excluding carboxylic acids is 1. The van der Waals surface area contributed by atoms with Gasteiger partial charge >= 0.3 is 0 Å². The van der Waals surface area contributed by atoms with Gasteiger partial charge in [0.15, 0.2) is 0 Å². The number of hydrogen-bond donors (Lipinski definition) is 2. The first-order valence-electron chi connectivity index (χ1n) is 11.7. The topological polar surface area (TPSA) is 89.5 Å². The number of hydrogen-bond acceptors (Lipinski definition) is 5. The van der Waals surface area contributed by atoms with Crippen LogP contribution in [0.2, 0.25) is 0 Å². The third-order valence-corrected chi connectivity index (χ3v) is 6.22. The summed E-state index contributed by atoms with van der Waals surface area (Å²) in [4.78, 5) is 35.9. The Labute approximate surface area is 199 Å². The molecular weight excluding hydrogens is 428 g/mol. The zero-order valence-electron chi connectivity index (χ0n) is 19.6. The van der Waals surface area contributed by atoms with Crippen molar-refractivity contribution in [3.05, 3.63) is 75.7 Å². The molecule has 1 saturated heterocycles. The standard InChI is InChI=1S/C27H30N4O3/c1-3-4-6-19-7-5-8-21(13-19)25(18-31-12-11-22(32)17-31)30(2)27(34)15-20-9-10-23-24(14-20)29-26(33)16-28-23/h5,7-10,13-14,16,22,25,32H,3,11-12,15,17-18H2,1-2H3,(H,29,33)/t22-,25-/m1/s1. The number of β-amino-alcohol motifs (C(OH)–C–C–N with tert-alkyl or cyclic N) is 1. The number of nitrogens with zero attached hydrogens (tertiary/aromatic N) is 3. The first-order chi connectivity index (χ1) is 16.4. The van der Waals surface area contributed by atoms with Gasteiger partial charge in [-0.3, -0.25) is 14.5 Å². The summed E-state index contributed by atoms with van der Waals surface area (Å²) >= 11 is 0. The number of likely N-dealkylation sites (tertiary alicyclic amines) is 1. The number of H-pyrrole nitrogens is 1. The van der Waals surface area contributed by atoms with Gasteiger partial charge in [0.05, 0.1) is 35.8 Å². The fourth-order valence-corrected chi connectivity index (χ4v) is 4.36. The number of amides is 1. The van der Waals surface area contributed by atoms with E-state index in [-0.39, 0.29) is 30.0 Å². The number of nitrogens with one attached hydrogen (secondary N) is 1. The van der Waals surface area contributed by atoms with Gasteiger partial charge in [0.1, 0.15) is 0 Å².